The summed E-state index contributed by atoms with van der Waals surface area (Å²) in [5.74, 6) is -8.41. The molecule has 1 fully saturated rings. The van der Waals surface area contributed by atoms with E-state index in [0.717, 1.165) is 36.5 Å². The maximum absolute atomic E-state index is 14.6. The molecule has 0 aliphatic heterocycles. The molecule has 1 amide bonds. The van der Waals surface area contributed by atoms with Gasteiger partial charge in [0, 0.05) is 12.6 Å². The molecule has 3 rings (SSSR count). The molecule has 0 spiro atoms. The Labute approximate surface area is 201 Å². The zero-order valence-electron chi connectivity index (χ0n) is 18.4. The van der Waals surface area contributed by atoms with E-state index < -0.39 is 71.0 Å². The van der Waals surface area contributed by atoms with E-state index in [1.807, 2.05) is 5.32 Å². The van der Waals surface area contributed by atoms with E-state index in [0.29, 0.717) is 0 Å². The Kier molecular flexibility index (Phi) is 7.70. The second-order valence-electron chi connectivity index (χ2n) is 8.33. The Morgan fingerprint density at radius 2 is 1.75 bits per heavy atom. The number of halogens is 6. The minimum Gasteiger partial charge on any atom is -0.385 e. The molecule has 3 atom stereocenters. The van der Waals surface area contributed by atoms with Crippen molar-refractivity contribution in [2.45, 2.75) is 55.1 Å². The number of rotatable bonds is 10. The standard InChI is InChI=1S/C23H20F6N4O3/c24-14-6-4-13(5-7-14)18(23(27,28)29)32-15(20(36)33-21(12-30)8-9-21)11-16(34)19(35)22(25,26)17-3-1-2-10-31-17/h1-7,10,15-16,18,32,34H,8-9,11H2,(H,33,36)/t15-,16?,18-/m0/s1. The number of alkyl halides is 5. The molecule has 1 saturated carbocycles. The lowest BCUT2D eigenvalue weighted by Gasteiger charge is -2.29. The number of carbonyl (C=O) groups excluding carboxylic acids is 2. The third kappa shape index (κ3) is 6.19. The molecule has 0 bridgehead atoms. The number of nitrogens with zero attached hydrogens (tertiary/aromatic N) is 2. The summed E-state index contributed by atoms with van der Waals surface area (Å²) in [6, 6.07) is 3.60. The van der Waals surface area contributed by atoms with Crippen LogP contribution < -0.4 is 10.6 Å². The van der Waals surface area contributed by atoms with Crippen molar-refractivity contribution in [3.8, 4) is 6.07 Å². The van der Waals surface area contributed by atoms with E-state index in [-0.39, 0.29) is 12.8 Å². The van der Waals surface area contributed by atoms with Crippen LogP contribution in [-0.4, -0.2) is 45.6 Å². The molecular weight excluding hydrogens is 494 g/mol. The Bertz CT molecular complexity index is 1130. The molecule has 7 nitrogen and oxygen atoms in total. The largest absolute Gasteiger partial charge is 0.407 e. The van der Waals surface area contributed by atoms with E-state index >= 15 is 0 Å². The van der Waals surface area contributed by atoms with Gasteiger partial charge < -0.3 is 10.4 Å². The van der Waals surface area contributed by atoms with Crippen molar-refractivity contribution in [1.29, 1.82) is 5.26 Å². The number of hydrogen-bond donors (Lipinski definition) is 3. The minimum absolute atomic E-state index is 0.210. The molecule has 1 aromatic carbocycles. The molecule has 3 N–H and O–H groups in total. The number of aliphatic hydroxyl groups is 1. The Hall–Kier alpha value is -3.50. The van der Waals surface area contributed by atoms with Crippen LogP contribution in [0.15, 0.2) is 48.7 Å². The van der Waals surface area contributed by atoms with Crippen molar-refractivity contribution >= 4 is 11.7 Å². The lowest BCUT2D eigenvalue weighted by atomic mass is 9.97. The van der Waals surface area contributed by atoms with Crippen molar-refractivity contribution < 1.29 is 41.0 Å². The molecule has 2 aromatic rings. The maximum atomic E-state index is 14.6. The van der Waals surface area contributed by atoms with Crippen molar-refractivity contribution in [2.75, 3.05) is 0 Å². The molecule has 1 unspecified atom stereocenters. The minimum atomic E-state index is -5.05. The van der Waals surface area contributed by atoms with Gasteiger partial charge in [-0.2, -0.15) is 27.2 Å². The first kappa shape index (κ1) is 27.1. The van der Waals surface area contributed by atoms with Crippen molar-refractivity contribution in [2.24, 2.45) is 0 Å². The number of nitrogens with one attached hydrogen (secondary N) is 2. The van der Waals surface area contributed by atoms with Crippen LogP contribution in [-0.2, 0) is 15.5 Å². The summed E-state index contributed by atoms with van der Waals surface area (Å²) >= 11 is 0. The van der Waals surface area contributed by atoms with Crippen LogP contribution in [0.1, 0.15) is 36.6 Å². The van der Waals surface area contributed by atoms with E-state index in [1.54, 1.807) is 6.07 Å². The highest BCUT2D eigenvalue weighted by Gasteiger charge is 2.50. The van der Waals surface area contributed by atoms with E-state index in [2.05, 4.69) is 10.3 Å². The Morgan fingerprint density at radius 1 is 1.11 bits per heavy atom. The lowest BCUT2D eigenvalue weighted by Crippen LogP contribution is -2.54. The highest BCUT2D eigenvalue weighted by molar-refractivity contribution is 5.91. The smallest absolute Gasteiger partial charge is 0.385 e. The van der Waals surface area contributed by atoms with Gasteiger partial charge in [-0.25, -0.2) is 4.39 Å². The summed E-state index contributed by atoms with van der Waals surface area (Å²) in [7, 11) is 0. The summed E-state index contributed by atoms with van der Waals surface area (Å²) < 4.78 is 84.0. The average molecular weight is 514 g/mol. The fourth-order valence-corrected chi connectivity index (χ4v) is 3.41. The molecule has 13 heteroatoms. The first-order valence-corrected chi connectivity index (χ1v) is 10.6. The van der Waals surface area contributed by atoms with Crippen LogP contribution in [0.2, 0.25) is 0 Å². The number of benzene rings is 1. The third-order valence-corrected chi connectivity index (χ3v) is 5.60. The van der Waals surface area contributed by atoms with Gasteiger partial charge in [-0.3, -0.25) is 19.9 Å². The number of aliphatic hydroxyl groups excluding tert-OH is 1. The second kappa shape index (κ2) is 10.2. The first-order valence-electron chi connectivity index (χ1n) is 10.6. The fraction of sp³-hybridized carbons (Fsp3) is 0.391. The number of carbonyl (C=O) groups is 2. The highest BCUT2D eigenvalue weighted by Crippen LogP contribution is 2.36. The molecule has 192 valence electrons. The summed E-state index contributed by atoms with van der Waals surface area (Å²) in [6.07, 6.45) is -7.40. The predicted molar refractivity (Wildman–Crippen MR) is 112 cm³/mol. The van der Waals surface area contributed by atoms with Crippen molar-refractivity contribution in [3.05, 3.63) is 65.7 Å². The van der Waals surface area contributed by atoms with E-state index in [1.165, 1.54) is 12.1 Å². The van der Waals surface area contributed by atoms with Gasteiger partial charge in [0.15, 0.2) is 0 Å². The third-order valence-electron chi connectivity index (χ3n) is 5.60. The highest BCUT2D eigenvalue weighted by atomic mass is 19.4. The molecule has 36 heavy (non-hydrogen) atoms. The van der Waals surface area contributed by atoms with Crippen LogP contribution in [0.5, 0.6) is 0 Å². The van der Waals surface area contributed by atoms with Gasteiger partial charge in [-0.15, -0.1) is 0 Å². The van der Waals surface area contributed by atoms with E-state index in [4.69, 9.17) is 0 Å². The number of Topliss-reactive ketones (excluding diaryl/α,β-unsaturated/α-hetero) is 1. The van der Waals surface area contributed by atoms with Crippen LogP contribution in [0.4, 0.5) is 26.3 Å². The van der Waals surface area contributed by atoms with Gasteiger partial charge in [0.05, 0.1) is 12.1 Å². The SMILES string of the molecule is N#CC1(NC(=O)[C@H](CC(O)C(=O)C(F)(F)c2ccccn2)N[C@@H](c2ccc(F)cc2)C(F)(F)F)CC1. The lowest BCUT2D eigenvalue weighted by molar-refractivity contribution is -0.163. The quantitative estimate of drug-likeness (QED) is 0.420. The van der Waals surface area contributed by atoms with Gasteiger partial charge >= 0.3 is 12.1 Å². The van der Waals surface area contributed by atoms with Gasteiger partial charge in [0.2, 0.25) is 11.7 Å². The van der Waals surface area contributed by atoms with Crippen LogP contribution >= 0.6 is 0 Å². The van der Waals surface area contributed by atoms with Crippen LogP contribution in [0.25, 0.3) is 0 Å². The molecular formula is C23H20F6N4O3. The van der Waals surface area contributed by atoms with Crippen LogP contribution in [0.3, 0.4) is 0 Å². The van der Waals surface area contributed by atoms with Crippen molar-refractivity contribution in [1.82, 2.24) is 15.6 Å². The summed E-state index contributed by atoms with van der Waals surface area (Å²) in [5, 5.41) is 23.6. The molecule has 0 saturated heterocycles. The Balaban J connectivity index is 1.88. The maximum Gasteiger partial charge on any atom is 0.407 e. The summed E-state index contributed by atoms with van der Waals surface area (Å²) in [4.78, 5) is 28.5. The number of hydrogen-bond acceptors (Lipinski definition) is 6. The van der Waals surface area contributed by atoms with Gasteiger partial charge in [0.25, 0.3) is 0 Å². The second-order valence-corrected chi connectivity index (χ2v) is 8.33. The number of aromatic nitrogens is 1. The Morgan fingerprint density at radius 3 is 2.25 bits per heavy atom. The molecule has 1 aromatic heterocycles. The summed E-state index contributed by atoms with van der Waals surface area (Å²) in [5.41, 5.74) is -2.85. The number of amides is 1. The molecule has 1 heterocycles. The number of pyridine rings is 1. The number of ketones is 1. The zero-order valence-corrected chi connectivity index (χ0v) is 18.4. The van der Waals surface area contributed by atoms with Gasteiger partial charge in [0.1, 0.15) is 29.2 Å². The fourth-order valence-electron chi connectivity index (χ4n) is 3.41. The monoisotopic (exact) mass is 514 g/mol. The first-order chi connectivity index (χ1) is 16.8. The normalized spacial score (nSPS) is 17.4. The number of nitriles is 1. The predicted octanol–water partition coefficient (Wildman–Crippen LogP) is 3.07. The van der Waals surface area contributed by atoms with Crippen LogP contribution in [0, 0.1) is 17.1 Å². The van der Waals surface area contributed by atoms with Gasteiger partial charge in [-0.05, 0) is 42.7 Å². The average Bonchev–Trinajstić information content (AvgIpc) is 3.61. The molecule has 0 radical (unpaired) electrons. The van der Waals surface area contributed by atoms with Crippen molar-refractivity contribution in [3.63, 3.8) is 0 Å². The summed E-state index contributed by atoms with van der Waals surface area (Å²) in [6.45, 7) is 0. The van der Waals surface area contributed by atoms with E-state index in [9.17, 15) is 46.3 Å². The topological polar surface area (TPSA) is 115 Å². The zero-order chi connectivity index (χ0) is 26.7. The molecule has 1 aliphatic carbocycles. The van der Waals surface area contributed by atoms with Gasteiger partial charge in [-0.1, -0.05) is 18.2 Å². The molecule has 1 aliphatic rings.